The monoisotopic (exact) mass is 348 g/mol. The largest absolute Gasteiger partial charge is 2.00 e. The number of carbonyl (C=O) groups excluding carboxylic acids is 1. The Kier molecular flexibility index (Phi) is 7.56. The molecule has 0 aliphatic carbocycles. The maximum Gasteiger partial charge on any atom is 2.00 e. The molecule has 3 aromatic rings. The first-order chi connectivity index (χ1) is 10.7. The van der Waals surface area contributed by atoms with Crippen LogP contribution in [0.1, 0.15) is 15.9 Å². The summed E-state index contributed by atoms with van der Waals surface area (Å²) in [5.74, 6) is 3.52. The van der Waals surface area contributed by atoms with Gasteiger partial charge in [0.25, 0.3) is 0 Å². The molecule has 2 nitrogen and oxygen atoms in total. The van der Waals surface area contributed by atoms with Gasteiger partial charge in [-0.1, -0.05) is 5.92 Å². The van der Waals surface area contributed by atoms with Crippen LogP contribution in [-0.4, -0.2) is 10.9 Å². The summed E-state index contributed by atoms with van der Waals surface area (Å²) in [6.07, 6.45) is 0. The predicted octanol–water partition coefficient (Wildman–Crippen LogP) is 3.89. The fourth-order valence-corrected chi connectivity index (χ4v) is 1.67. The number of hydrogen-bond donors (Lipinski definition) is 1. The summed E-state index contributed by atoms with van der Waals surface area (Å²) in [6.45, 7) is 0. The summed E-state index contributed by atoms with van der Waals surface area (Å²) >= 11 is 0. The van der Waals surface area contributed by atoms with E-state index in [-0.39, 0.29) is 22.6 Å². The summed E-state index contributed by atoms with van der Waals surface area (Å²) in [4.78, 5) is 11.6. The van der Waals surface area contributed by atoms with E-state index in [4.69, 9.17) is 0 Å². The number of phenolic OH excluding ortho intramolecular Hbond substituents is 1. The molecule has 0 radical (unpaired) electrons. The SMILES string of the molecule is O=C(C#Cc1ccc[cH-]1)c1ccc(F)cc1O.[Fe+2].c1cc[cH-]c1. The van der Waals surface area contributed by atoms with E-state index in [1.54, 1.807) is 12.1 Å². The molecular weight excluding hydrogens is 335 g/mol. The van der Waals surface area contributed by atoms with E-state index in [0.29, 0.717) is 0 Å². The summed E-state index contributed by atoms with van der Waals surface area (Å²) < 4.78 is 12.7. The number of Topliss-reactive ketones (excluding diaryl/α,β-unsaturated/α-hetero) is 1. The van der Waals surface area contributed by atoms with Gasteiger partial charge in [-0.2, -0.15) is 42.3 Å². The Morgan fingerprint density at radius 1 is 1.09 bits per heavy atom. The van der Waals surface area contributed by atoms with Crippen LogP contribution in [0.5, 0.6) is 5.75 Å². The topological polar surface area (TPSA) is 37.3 Å². The van der Waals surface area contributed by atoms with Crippen molar-refractivity contribution in [3.8, 4) is 17.6 Å². The third kappa shape index (κ3) is 5.96. The molecule has 0 amide bonds. The average molecular weight is 348 g/mol. The molecule has 0 heterocycles. The van der Waals surface area contributed by atoms with E-state index in [1.165, 1.54) is 6.07 Å². The van der Waals surface area contributed by atoms with Crippen molar-refractivity contribution >= 4 is 5.78 Å². The van der Waals surface area contributed by atoms with Crippen LogP contribution in [0.25, 0.3) is 0 Å². The van der Waals surface area contributed by atoms with Gasteiger partial charge in [0.1, 0.15) is 11.6 Å². The molecule has 0 aliphatic heterocycles. The zero-order chi connectivity index (χ0) is 15.8. The predicted molar refractivity (Wildman–Crippen MR) is 83.3 cm³/mol. The molecule has 0 fully saturated rings. The van der Waals surface area contributed by atoms with Gasteiger partial charge in [-0.25, -0.2) is 16.5 Å². The van der Waals surface area contributed by atoms with Crippen LogP contribution in [0, 0.1) is 17.7 Å². The molecule has 0 bridgehead atoms. The van der Waals surface area contributed by atoms with Crippen LogP contribution in [0.15, 0.2) is 72.8 Å². The Hall–Kier alpha value is -2.60. The normalized spacial score (nSPS) is 8.74. The van der Waals surface area contributed by atoms with E-state index in [2.05, 4.69) is 11.8 Å². The number of carbonyl (C=O) groups is 1. The van der Waals surface area contributed by atoms with E-state index < -0.39 is 17.3 Å². The number of hydrogen-bond acceptors (Lipinski definition) is 2. The second-order valence-electron chi connectivity index (χ2n) is 4.38. The fraction of sp³-hybridized carbons (Fsp3) is 0. The van der Waals surface area contributed by atoms with Crippen LogP contribution in [-0.2, 0) is 17.1 Å². The Bertz CT molecular complexity index is 761. The Morgan fingerprint density at radius 2 is 1.83 bits per heavy atom. The van der Waals surface area contributed by atoms with Crippen molar-refractivity contribution in [2.45, 2.75) is 0 Å². The van der Waals surface area contributed by atoms with Crippen LogP contribution >= 0.6 is 0 Å². The smallest absolute Gasteiger partial charge is 0.507 e. The molecule has 23 heavy (non-hydrogen) atoms. The molecule has 4 heteroatoms. The van der Waals surface area contributed by atoms with Crippen molar-refractivity contribution in [2.24, 2.45) is 0 Å². The fourth-order valence-electron chi connectivity index (χ4n) is 1.67. The maximum atomic E-state index is 12.7. The number of benzene rings is 1. The van der Waals surface area contributed by atoms with E-state index in [9.17, 15) is 14.3 Å². The maximum absolute atomic E-state index is 12.7. The van der Waals surface area contributed by atoms with Crippen LogP contribution in [0.2, 0.25) is 0 Å². The molecular formula is C19H13FFeO2. The molecule has 0 atom stereocenters. The molecule has 0 unspecified atom stereocenters. The van der Waals surface area contributed by atoms with Crippen molar-refractivity contribution in [1.29, 1.82) is 0 Å². The second kappa shape index (κ2) is 9.42. The zero-order valence-electron chi connectivity index (χ0n) is 12.0. The van der Waals surface area contributed by atoms with Crippen molar-refractivity contribution < 1.29 is 31.4 Å². The van der Waals surface area contributed by atoms with Crippen LogP contribution < -0.4 is 0 Å². The first kappa shape index (κ1) is 18.4. The van der Waals surface area contributed by atoms with Gasteiger partial charge < -0.3 is 5.11 Å². The third-order valence-electron chi connectivity index (χ3n) is 2.74. The van der Waals surface area contributed by atoms with Crippen molar-refractivity contribution in [3.63, 3.8) is 0 Å². The van der Waals surface area contributed by atoms with Gasteiger partial charge in [0.2, 0.25) is 5.78 Å². The minimum Gasteiger partial charge on any atom is -0.507 e. The van der Waals surface area contributed by atoms with E-state index in [1.807, 2.05) is 42.5 Å². The van der Waals surface area contributed by atoms with Gasteiger partial charge >= 0.3 is 17.1 Å². The van der Waals surface area contributed by atoms with Crippen molar-refractivity contribution in [3.05, 3.63) is 89.7 Å². The summed E-state index contributed by atoms with van der Waals surface area (Å²) in [7, 11) is 0. The first-order valence-corrected chi connectivity index (χ1v) is 6.60. The quantitative estimate of drug-likeness (QED) is 0.314. The number of halogens is 1. The minimum atomic E-state index is -0.594. The van der Waals surface area contributed by atoms with Crippen molar-refractivity contribution in [1.82, 2.24) is 0 Å². The van der Waals surface area contributed by atoms with Gasteiger partial charge in [0.15, 0.2) is 0 Å². The van der Waals surface area contributed by atoms with Gasteiger partial charge in [0, 0.05) is 6.07 Å². The Labute approximate surface area is 144 Å². The molecule has 0 spiro atoms. The van der Waals surface area contributed by atoms with Gasteiger partial charge in [-0.05, 0) is 12.1 Å². The zero-order valence-corrected chi connectivity index (χ0v) is 13.1. The van der Waals surface area contributed by atoms with Gasteiger partial charge in [-0.3, -0.25) is 4.79 Å². The van der Waals surface area contributed by atoms with Crippen LogP contribution in [0.3, 0.4) is 0 Å². The van der Waals surface area contributed by atoms with E-state index >= 15 is 0 Å². The van der Waals surface area contributed by atoms with Crippen LogP contribution in [0.4, 0.5) is 4.39 Å². The third-order valence-corrected chi connectivity index (χ3v) is 2.74. The minimum absolute atomic E-state index is 0. The first-order valence-electron chi connectivity index (χ1n) is 6.60. The number of phenols is 1. The molecule has 116 valence electrons. The molecule has 0 aromatic heterocycles. The molecule has 3 aromatic carbocycles. The van der Waals surface area contributed by atoms with E-state index in [0.717, 1.165) is 17.7 Å². The second-order valence-corrected chi connectivity index (χ2v) is 4.38. The Morgan fingerprint density at radius 3 is 2.35 bits per heavy atom. The molecule has 0 saturated heterocycles. The Balaban J connectivity index is 0.000000377. The van der Waals surface area contributed by atoms with Crippen molar-refractivity contribution in [2.75, 3.05) is 0 Å². The standard InChI is InChI=1S/C14H8FO2.C5H5.Fe/c15-11-6-7-12(14(17)9-11)13(16)8-5-10-3-1-2-4-10;1-2-4-5-3-1;/h1-4,6-7,9,17H;1-5H;/q2*-1;+2. The number of aromatic hydroxyl groups is 1. The summed E-state index contributed by atoms with van der Waals surface area (Å²) in [5.41, 5.74) is 0.727. The number of rotatable bonds is 1. The molecule has 1 N–H and O–H groups in total. The number of ketones is 1. The molecule has 0 saturated carbocycles. The van der Waals surface area contributed by atoms with Gasteiger partial charge in [-0.15, -0.1) is 11.6 Å². The molecule has 3 rings (SSSR count). The summed E-state index contributed by atoms with van der Waals surface area (Å²) in [5, 5.41) is 9.39. The summed E-state index contributed by atoms with van der Waals surface area (Å²) in [6, 6.07) is 20.4. The van der Waals surface area contributed by atoms with Gasteiger partial charge in [0.05, 0.1) is 5.56 Å². The average Bonchev–Trinajstić information content (AvgIpc) is 3.21. The molecule has 0 aliphatic rings.